The van der Waals surface area contributed by atoms with Gasteiger partial charge in [-0.25, -0.2) is 0 Å². The molecule has 0 heterocycles. The number of rotatable bonds is 5. The minimum absolute atomic E-state index is 0.0636. The maximum atomic E-state index is 12.3. The summed E-state index contributed by atoms with van der Waals surface area (Å²) in [6.07, 6.45) is -4.12. The monoisotopic (exact) mass is 240 g/mol. The molecule has 5 heteroatoms. The van der Waals surface area contributed by atoms with E-state index in [0.717, 1.165) is 0 Å². The standard InChI is InChI=1S/C11H23F3N2/c1-6-16(8-11(12,13)14)9(2)7-15-10(3,4)5/h9,15H,6-8H2,1-5H3. The molecule has 0 saturated carbocycles. The fourth-order valence-electron chi connectivity index (χ4n) is 1.39. The molecule has 0 bridgehead atoms. The summed E-state index contributed by atoms with van der Waals surface area (Å²) in [6.45, 7) is 9.70. The Balaban J connectivity index is 4.16. The van der Waals surface area contributed by atoms with E-state index in [9.17, 15) is 13.2 Å². The largest absolute Gasteiger partial charge is 0.401 e. The molecule has 0 radical (unpaired) electrons. The summed E-state index contributed by atoms with van der Waals surface area (Å²) >= 11 is 0. The van der Waals surface area contributed by atoms with E-state index in [2.05, 4.69) is 5.32 Å². The molecular formula is C11H23F3N2. The number of nitrogens with one attached hydrogen (secondary N) is 1. The Morgan fingerprint density at radius 3 is 2.00 bits per heavy atom. The highest BCUT2D eigenvalue weighted by molar-refractivity contribution is 4.77. The molecular weight excluding hydrogens is 217 g/mol. The number of likely N-dealkylation sites (N-methyl/N-ethyl adjacent to an activating group) is 1. The van der Waals surface area contributed by atoms with Crippen LogP contribution in [0.15, 0.2) is 0 Å². The Morgan fingerprint density at radius 1 is 1.19 bits per heavy atom. The van der Waals surface area contributed by atoms with Crippen molar-refractivity contribution >= 4 is 0 Å². The summed E-state index contributed by atoms with van der Waals surface area (Å²) in [7, 11) is 0. The molecule has 0 aromatic rings. The van der Waals surface area contributed by atoms with Crippen LogP contribution in [0.4, 0.5) is 13.2 Å². The number of halogens is 3. The maximum absolute atomic E-state index is 12.3. The number of hydrogen-bond donors (Lipinski definition) is 1. The van der Waals surface area contributed by atoms with Crippen LogP contribution in [0.3, 0.4) is 0 Å². The van der Waals surface area contributed by atoms with Crippen LogP contribution in [0, 0.1) is 0 Å². The lowest BCUT2D eigenvalue weighted by Crippen LogP contribution is -2.48. The van der Waals surface area contributed by atoms with Crippen molar-refractivity contribution in [1.29, 1.82) is 0 Å². The van der Waals surface area contributed by atoms with Gasteiger partial charge in [-0.05, 0) is 34.2 Å². The molecule has 0 aromatic heterocycles. The lowest BCUT2D eigenvalue weighted by molar-refractivity contribution is -0.149. The van der Waals surface area contributed by atoms with Crippen LogP contribution in [0.25, 0.3) is 0 Å². The fourth-order valence-corrected chi connectivity index (χ4v) is 1.39. The van der Waals surface area contributed by atoms with E-state index in [1.54, 1.807) is 6.92 Å². The van der Waals surface area contributed by atoms with Crippen molar-refractivity contribution in [3.8, 4) is 0 Å². The summed E-state index contributed by atoms with van der Waals surface area (Å²) in [5.41, 5.74) is -0.0636. The Hall–Kier alpha value is -0.290. The highest BCUT2D eigenvalue weighted by atomic mass is 19.4. The van der Waals surface area contributed by atoms with Crippen molar-refractivity contribution in [2.24, 2.45) is 0 Å². The molecule has 0 aromatic carbocycles. The average Bonchev–Trinajstić information content (AvgIpc) is 2.07. The van der Waals surface area contributed by atoms with E-state index in [-0.39, 0.29) is 11.6 Å². The zero-order valence-corrected chi connectivity index (χ0v) is 10.8. The van der Waals surface area contributed by atoms with Crippen LogP contribution in [-0.2, 0) is 0 Å². The summed E-state index contributed by atoms with van der Waals surface area (Å²) in [5, 5.41) is 3.21. The van der Waals surface area contributed by atoms with Gasteiger partial charge < -0.3 is 5.32 Å². The zero-order valence-electron chi connectivity index (χ0n) is 10.8. The Labute approximate surface area is 96.2 Å². The predicted octanol–water partition coefficient (Wildman–Crippen LogP) is 2.65. The van der Waals surface area contributed by atoms with Crippen LogP contribution in [-0.4, -0.2) is 42.3 Å². The van der Waals surface area contributed by atoms with Gasteiger partial charge in [-0.2, -0.15) is 13.2 Å². The van der Waals surface area contributed by atoms with Gasteiger partial charge in [0, 0.05) is 18.1 Å². The van der Waals surface area contributed by atoms with Crippen LogP contribution in [0.5, 0.6) is 0 Å². The van der Waals surface area contributed by atoms with E-state index in [1.165, 1.54) is 4.90 Å². The molecule has 0 spiro atoms. The Kier molecular flexibility index (Phi) is 5.76. The van der Waals surface area contributed by atoms with Crippen molar-refractivity contribution in [3.05, 3.63) is 0 Å². The van der Waals surface area contributed by atoms with E-state index in [4.69, 9.17) is 0 Å². The van der Waals surface area contributed by atoms with Gasteiger partial charge in [-0.3, -0.25) is 4.90 Å². The van der Waals surface area contributed by atoms with Gasteiger partial charge in [-0.15, -0.1) is 0 Å². The number of nitrogens with zero attached hydrogens (tertiary/aromatic N) is 1. The van der Waals surface area contributed by atoms with E-state index >= 15 is 0 Å². The second kappa shape index (κ2) is 5.87. The van der Waals surface area contributed by atoms with Crippen molar-refractivity contribution in [1.82, 2.24) is 10.2 Å². The molecule has 0 saturated heterocycles. The van der Waals surface area contributed by atoms with Crippen molar-refractivity contribution in [3.63, 3.8) is 0 Å². The fraction of sp³-hybridized carbons (Fsp3) is 1.00. The summed E-state index contributed by atoms with van der Waals surface area (Å²) in [4.78, 5) is 1.43. The van der Waals surface area contributed by atoms with Crippen LogP contribution in [0.2, 0.25) is 0 Å². The predicted molar refractivity (Wildman–Crippen MR) is 60.5 cm³/mol. The highest BCUT2D eigenvalue weighted by Crippen LogP contribution is 2.17. The number of alkyl halides is 3. The second-order valence-corrected chi connectivity index (χ2v) is 5.16. The van der Waals surface area contributed by atoms with Gasteiger partial charge in [0.2, 0.25) is 0 Å². The van der Waals surface area contributed by atoms with Crippen LogP contribution in [0.1, 0.15) is 34.6 Å². The van der Waals surface area contributed by atoms with E-state index in [0.29, 0.717) is 13.1 Å². The normalized spacial score (nSPS) is 15.6. The van der Waals surface area contributed by atoms with Gasteiger partial charge >= 0.3 is 6.18 Å². The van der Waals surface area contributed by atoms with Gasteiger partial charge in [0.05, 0.1) is 6.54 Å². The molecule has 2 nitrogen and oxygen atoms in total. The molecule has 1 unspecified atom stereocenters. The minimum Gasteiger partial charge on any atom is -0.311 e. The quantitative estimate of drug-likeness (QED) is 0.794. The van der Waals surface area contributed by atoms with Crippen molar-refractivity contribution in [2.45, 2.75) is 52.4 Å². The summed E-state index contributed by atoms with van der Waals surface area (Å²) in [5.74, 6) is 0. The molecule has 0 rings (SSSR count). The minimum atomic E-state index is -4.12. The molecule has 0 fully saturated rings. The molecule has 1 atom stereocenters. The highest BCUT2D eigenvalue weighted by Gasteiger charge is 2.32. The third kappa shape index (κ3) is 7.93. The molecule has 1 N–H and O–H groups in total. The van der Waals surface area contributed by atoms with E-state index in [1.807, 2.05) is 27.7 Å². The van der Waals surface area contributed by atoms with Crippen molar-refractivity contribution in [2.75, 3.05) is 19.6 Å². The lowest BCUT2D eigenvalue weighted by Gasteiger charge is -2.31. The molecule has 98 valence electrons. The first-order valence-electron chi connectivity index (χ1n) is 5.61. The third-order valence-electron chi connectivity index (χ3n) is 2.34. The SMILES string of the molecule is CCN(CC(F)(F)F)C(C)CNC(C)(C)C. The first-order valence-corrected chi connectivity index (χ1v) is 5.61. The van der Waals surface area contributed by atoms with Gasteiger partial charge in [0.25, 0.3) is 0 Å². The molecule has 0 aliphatic rings. The van der Waals surface area contributed by atoms with Crippen molar-refractivity contribution < 1.29 is 13.2 Å². The zero-order chi connectivity index (χ0) is 13.0. The molecule has 0 aliphatic heterocycles. The molecule has 0 amide bonds. The van der Waals surface area contributed by atoms with Gasteiger partial charge in [0.1, 0.15) is 0 Å². The summed E-state index contributed by atoms with van der Waals surface area (Å²) in [6, 6.07) is -0.120. The van der Waals surface area contributed by atoms with E-state index < -0.39 is 12.7 Å². The smallest absolute Gasteiger partial charge is 0.311 e. The summed E-state index contributed by atoms with van der Waals surface area (Å²) < 4.78 is 36.8. The lowest BCUT2D eigenvalue weighted by atomic mass is 10.1. The van der Waals surface area contributed by atoms with Gasteiger partial charge in [0.15, 0.2) is 0 Å². The topological polar surface area (TPSA) is 15.3 Å². The van der Waals surface area contributed by atoms with Gasteiger partial charge in [-0.1, -0.05) is 6.92 Å². The maximum Gasteiger partial charge on any atom is 0.401 e. The average molecular weight is 240 g/mol. The first kappa shape index (κ1) is 15.7. The first-order chi connectivity index (χ1) is 7.05. The second-order valence-electron chi connectivity index (χ2n) is 5.16. The third-order valence-corrected chi connectivity index (χ3v) is 2.34. The Bertz CT molecular complexity index is 196. The molecule has 0 aliphatic carbocycles. The molecule has 16 heavy (non-hydrogen) atoms. The van der Waals surface area contributed by atoms with Crippen LogP contribution >= 0.6 is 0 Å². The van der Waals surface area contributed by atoms with Crippen LogP contribution < -0.4 is 5.32 Å². The number of hydrogen-bond acceptors (Lipinski definition) is 2. The Morgan fingerprint density at radius 2 is 1.69 bits per heavy atom.